The van der Waals surface area contributed by atoms with Crippen LogP contribution in [-0.4, -0.2) is 59.0 Å². The molecule has 1 aliphatic heterocycles. The summed E-state index contributed by atoms with van der Waals surface area (Å²) in [6.45, 7) is 15.4. The lowest BCUT2D eigenvalue weighted by Gasteiger charge is -2.39. The number of nitrogens with zero attached hydrogens (tertiary/aromatic N) is 2. The first-order valence-corrected chi connectivity index (χ1v) is 8.60. The third-order valence-corrected chi connectivity index (χ3v) is 4.24. The molecule has 1 saturated heterocycles. The van der Waals surface area contributed by atoms with Crippen LogP contribution in [0.1, 0.15) is 41.5 Å². The van der Waals surface area contributed by atoms with Crippen molar-refractivity contribution in [2.24, 2.45) is 4.99 Å². The Kier molecular flexibility index (Phi) is 9.12. The Morgan fingerprint density at radius 2 is 2.00 bits per heavy atom. The number of halogens is 1. The van der Waals surface area contributed by atoms with Crippen molar-refractivity contribution in [3.8, 4) is 0 Å². The van der Waals surface area contributed by atoms with Gasteiger partial charge in [-0.2, -0.15) is 11.8 Å². The Hall–Kier alpha value is -0.180. The number of nitrogens with one attached hydrogen (secondary N) is 2. The fraction of sp³-hybridized carbons (Fsp3) is 0.867. The minimum Gasteiger partial charge on any atom is -0.357 e. The second-order valence-electron chi connectivity index (χ2n) is 7.00. The second-order valence-corrected chi connectivity index (χ2v) is 8.80. The molecule has 7 heteroatoms. The Labute approximate surface area is 156 Å². The van der Waals surface area contributed by atoms with Crippen LogP contribution >= 0.6 is 35.7 Å². The third kappa shape index (κ3) is 8.45. The van der Waals surface area contributed by atoms with E-state index in [-0.39, 0.29) is 46.7 Å². The van der Waals surface area contributed by atoms with E-state index in [1.165, 1.54) is 0 Å². The Balaban J connectivity index is 0.00000441. The van der Waals surface area contributed by atoms with E-state index in [0.717, 1.165) is 31.3 Å². The van der Waals surface area contributed by atoms with Crippen LogP contribution in [0.3, 0.4) is 0 Å². The summed E-state index contributed by atoms with van der Waals surface area (Å²) in [5.74, 6) is 1.89. The predicted octanol–water partition coefficient (Wildman–Crippen LogP) is 2.31. The van der Waals surface area contributed by atoms with E-state index in [4.69, 9.17) is 0 Å². The molecular weight excluding hydrogens is 411 g/mol. The molecule has 0 atom stereocenters. The second kappa shape index (κ2) is 9.20. The lowest BCUT2D eigenvalue weighted by molar-refractivity contribution is -0.121. The van der Waals surface area contributed by atoms with Gasteiger partial charge in [0, 0.05) is 35.7 Å². The zero-order chi connectivity index (χ0) is 16.1. The van der Waals surface area contributed by atoms with Crippen LogP contribution in [0.4, 0.5) is 0 Å². The van der Waals surface area contributed by atoms with E-state index in [1.54, 1.807) is 0 Å². The number of hydrogen-bond acceptors (Lipinski definition) is 3. The SMILES string of the molecule is CCNC(=NCC(=O)NC(C)(C)C)N1CCSC(C)(C)C1.I. The van der Waals surface area contributed by atoms with Gasteiger partial charge in [0.2, 0.25) is 5.91 Å². The summed E-state index contributed by atoms with van der Waals surface area (Å²) in [5.41, 5.74) is -0.214. The lowest BCUT2D eigenvalue weighted by Crippen LogP contribution is -2.51. The number of carbonyl (C=O) groups is 1. The van der Waals surface area contributed by atoms with Crippen molar-refractivity contribution in [1.29, 1.82) is 0 Å². The topological polar surface area (TPSA) is 56.7 Å². The van der Waals surface area contributed by atoms with Crippen molar-refractivity contribution in [3.63, 3.8) is 0 Å². The average Bonchev–Trinajstić information content (AvgIpc) is 2.31. The molecule has 0 aliphatic carbocycles. The van der Waals surface area contributed by atoms with Gasteiger partial charge < -0.3 is 15.5 Å². The standard InChI is InChI=1S/C15H30N4OS.HI/c1-7-16-13(17-10-12(20)18-14(2,3)4)19-8-9-21-15(5,6)11-19;/h7-11H2,1-6H3,(H,16,17)(H,18,20);1H. The van der Waals surface area contributed by atoms with E-state index in [2.05, 4.69) is 41.3 Å². The molecule has 1 heterocycles. The van der Waals surface area contributed by atoms with E-state index >= 15 is 0 Å². The molecule has 1 rings (SSSR count). The Morgan fingerprint density at radius 3 is 2.50 bits per heavy atom. The van der Waals surface area contributed by atoms with Gasteiger partial charge in [0.1, 0.15) is 6.54 Å². The van der Waals surface area contributed by atoms with Gasteiger partial charge in [-0.15, -0.1) is 24.0 Å². The van der Waals surface area contributed by atoms with E-state index in [1.807, 2.05) is 32.5 Å². The number of carbonyl (C=O) groups excluding carboxylic acids is 1. The molecule has 0 aromatic carbocycles. The third-order valence-electron chi connectivity index (χ3n) is 2.95. The zero-order valence-electron chi connectivity index (χ0n) is 14.7. The highest BCUT2D eigenvalue weighted by atomic mass is 127. The number of rotatable bonds is 3. The highest BCUT2D eigenvalue weighted by molar-refractivity contribution is 14.0. The fourth-order valence-electron chi connectivity index (χ4n) is 2.23. The molecule has 1 amide bonds. The summed E-state index contributed by atoms with van der Waals surface area (Å²) in [5, 5.41) is 6.23. The number of hydrogen-bond donors (Lipinski definition) is 2. The number of aliphatic imine (C=N–C) groups is 1. The normalized spacial score (nSPS) is 18.5. The maximum atomic E-state index is 11.9. The summed E-state index contributed by atoms with van der Waals surface area (Å²) in [6, 6.07) is 0. The van der Waals surface area contributed by atoms with Crippen LogP contribution in [0.15, 0.2) is 4.99 Å². The Bertz CT molecular complexity index is 393. The molecule has 2 N–H and O–H groups in total. The smallest absolute Gasteiger partial charge is 0.242 e. The monoisotopic (exact) mass is 442 g/mol. The quantitative estimate of drug-likeness (QED) is 0.400. The lowest BCUT2D eigenvalue weighted by atomic mass is 10.1. The maximum absolute atomic E-state index is 11.9. The van der Waals surface area contributed by atoms with Gasteiger partial charge in [-0.1, -0.05) is 0 Å². The van der Waals surface area contributed by atoms with Crippen LogP contribution in [0, 0.1) is 0 Å². The van der Waals surface area contributed by atoms with Crippen molar-refractivity contribution in [1.82, 2.24) is 15.5 Å². The maximum Gasteiger partial charge on any atom is 0.242 e. The van der Waals surface area contributed by atoms with Crippen molar-refractivity contribution in [3.05, 3.63) is 0 Å². The largest absolute Gasteiger partial charge is 0.357 e. The van der Waals surface area contributed by atoms with Crippen molar-refractivity contribution >= 4 is 47.6 Å². The predicted molar refractivity (Wildman–Crippen MR) is 107 cm³/mol. The molecule has 130 valence electrons. The molecule has 0 radical (unpaired) electrons. The van der Waals surface area contributed by atoms with Gasteiger partial charge in [0.25, 0.3) is 0 Å². The van der Waals surface area contributed by atoms with Crippen LogP contribution < -0.4 is 10.6 Å². The number of guanidine groups is 1. The first-order valence-electron chi connectivity index (χ1n) is 7.61. The first-order chi connectivity index (χ1) is 9.63. The minimum absolute atomic E-state index is 0. The highest BCUT2D eigenvalue weighted by Gasteiger charge is 2.28. The van der Waals surface area contributed by atoms with Gasteiger partial charge in [0.15, 0.2) is 5.96 Å². The summed E-state index contributed by atoms with van der Waals surface area (Å²) in [4.78, 5) is 18.7. The fourth-order valence-corrected chi connectivity index (χ4v) is 3.34. The molecule has 0 saturated carbocycles. The highest BCUT2D eigenvalue weighted by Crippen LogP contribution is 2.29. The van der Waals surface area contributed by atoms with E-state index in [0.29, 0.717) is 0 Å². The zero-order valence-corrected chi connectivity index (χ0v) is 17.8. The molecule has 1 aliphatic rings. The molecular formula is C15H31IN4OS. The summed E-state index contributed by atoms with van der Waals surface area (Å²) in [7, 11) is 0. The van der Waals surface area contributed by atoms with Gasteiger partial charge in [-0.25, -0.2) is 4.99 Å². The molecule has 5 nitrogen and oxygen atoms in total. The Morgan fingerprint density at radius 1 is 1.36 bits per heavy atom. The van der Waals surface area contributed by atoms with Crippen molar-refractivity contribution in [2.75, 3.05) is 31.9 Å². The van der Waals surface area contributed by atoms with Crippen LogP contribution in [0.25, 0.3) is 0 Å². The van der Waals surface area contributed by atoms with Gasteiger partial charge in [-0.05, 0) is 41.5 Å². The van der Waals surface area contributed by atoms with Gasteiger partial charge in [-0.3, -0.25) is 4.79 Å². The number of amides is 1. The average molecular weight is 442 g/mol. The first kappa shape index (κ1) is 21.8. The van der Waals surface area contributed by atoms with Crippen LogP contribution in [0.2, 0.25) is 0 Å². The van der Waals surface area contributed by atoms with Gasteiger partial charge >= 0.3 is 0 Å². The van der Waals surface area contributed by atoms with Crippen LogP contribution in [-0.2, 0) is 4.79 Å². The minimum atomic E-state index is -0.214. The number of thioether (sulfide) groups is 1. The van der Waals surface area contributed by atoms with Gasteiger partial charge in [0.05, 0.1) is 0 Å². The summed E-state index contributed by atoms with van der Waals surface area (Å²) in [6.07, 6.45) is 0. The van der Waals surface area contributed by atoms with Crippen molar-refractivity contribution < 1.29 is 4.79 Å². The van der Waals surface area contributed by atoms with Crippen LogP contribution in [0.5, 0.6) is 0 Å². The van der Waals surface area contributed by atoms with E-state index < -0.39 is 0 Å². The molecule has 0 spiro atoms. The summed E-state index contributed by atoms with van der Waals surface area (Å²) < 4.78 is 0.224. The summed E-state index contributed by atoms with van der Waals surface area (Å²) >= 11 is 1.99. The molecule has 0 aromatic rings. The van der Waals surface area contributed by atoms with E-state index in [9.17, 15) is 4.79 Å². The molecule has 1 fully saturated rings. The molecule has 22 heavy (non-hydrogen) atoms. The molecule has 0 aromatic heterocycles. The van der Waals surface area contributed by atoms with Crippen molar-refractivity contribution in [2.45, 2.75) is 51.8 Å². The molecule has 0 bridgehead atoms. The molecule has 0 unspecified atom stereocenters.